The largest absolute Gasteiger partial charge is 0.493 e. The molecule has 0 N–H and O–H groups in total. The summed E-state index contributed by atoms with van der Waals surface area (Å²) in [6, 6.07) is 13.1. The summed E-state index contributed by atoms with van der Waals surface area (Å²) in [6.45, 7) is 4.37. The normalized spacial score (nSPS) is 11.0. The molecule has 4 nitrogen and oxygen atoms in total. The highest BCUT2D eigenvalue weighted by molar-refractivity contribution is 6.31. The van der Waals surface area contributed by atoms with E-state index in [4.69, 9.17) is 21.1 Å². The van der Waals surface area contributed by atoms with E-state index in [1.165, 1.54) is 6.08 Å². The Morgan fingerprint density at radius 1 is 1.19 bits per heavy atom. The fourth-order valence-corrected chi connectivity index (χ4v) is 2.59. The van der Waals surface area contributed by atoms with Gasteiger partial charge in [-0.05, 0) is 49.2 Å². The minimum Gasteiger partial charge on any atom is -0.493 e. The highest BCUT2D eigenvalue weighted by Gasteiger charge is 2.09. The van der Waals surface area contributed by atoms with Crippen molar-refractivity contribution in [2.75, 3.05) is 14.2 Å². The molecule has 0 aliphatic rings. The fourth-order valence-electron chi connectivity index (χ4n) is 2.39. The monoisotopic (exact) mass is 373 g/mol. The minimum atomic E-state index is -0.105. The Balaban J connectivity index is 2.06. The van der Waals surface area contributed by atoms with Crippen molar-refractivity contribution in [2.45, 2.75) is 26.5 Å². The molecule has 0 heterocycles. The van der Waals surface area contributed by atoms with E-state index in [-0.39, 0.29) is 12.0 Å². The van der Waals surface area contributed by atoms with Gasteiger partial charge in [0.2, 0.25) is 5.91 Å². The van der Waals surface area contributed by atoms with E-state index in [1.54, 1.807) is 25.1 Å². The van der Waals surface area contributed by atoms with Crippen LogP contribution in [0, 0.1) is 0 Å². The number of ether oxygens (including phenoxy) is 2. The van der Waals surface area contributed by atoms with Crippen LogP contribution in [0.3, 0.4) is 0 Å². The molecule has 2 aromatic carbocycles. The molecular formula is C21H24ClNO3. The average Bonchev–Trinajstić information content (AvgIpc) is 2.61. The molecule has 0 aliphatic heterocycles. The summed E-state index contributed by atoms with van der Waals surface area (Å²) in [5, 5.41) is 0.654. The lowest BCUT2D eigenvalue weighted by atomic mass is 10.1. The Labute approximate surface area is 160 Å². The van der Waals surface area contributed by atoms with Crippen LogP contribution in [0.2, 0.25) is 5.02 Å². The molecule has 5 heteroatoms. The number of benzene rings is 2. The SMILES string of the molecule is COc1cc(C=CC(=O)N(C)Cc2ccccc2Cl)ccc1OC(C)C. The number of hydrogen-bond donors (Lipinski definition) is 0. The van der Waals surface area contributed by atoms with Gasteiger partial charge in [-0.1, -0.05) is 35.9 Å². The lowest BCUT2D eigenvalue weighted by molar-refractivity contribution is -0.125. The zero-order valence-electron chi connectivity index (χ0n) is 15.5. The number of rotatable bonds is 7. The minimum absolute atomic E-state index is 0.0605. The van der Waals surface area contributed by atoms with Crippen LogP contribution in [0.4, 0.5) is 0 Å². The molecular weight excluding hydrogens is 350 g/mol. The number of carbonyl (C=O) groups is 1. The van der Waals surface area contributed by atoms with Crippen molar-refractivity contribution in [3.05, 3.63) is 64.7 Å². The number of likely N-dealkylation sites (N-methyl/N-ethyl adjacent to an activating group) is 1. The lowest BCUT2D eigenvalue weighted by Crippen LogP contribution is -2.24. The van der Waals surface area contributed by atoms with Crippen molar-refractivity contribution in [3.63, 3.8) is 0 Å². The second-order valence-electron chi connectivity index (χ2n) is 6.20. The summed E-state index contributed by atoms with van der Waals surface area (Å²) in [5.41, 5.74) is 1.77. The van der Waals surface area contributed by atoms with Crippen molar-refractivity contribution in [2.24, 2.45) is 0 Å². The average molecular weight is 374 g/mol. The first-order valence-corrected chi connectivity index (χ1v) is 8.79. The van der Waals surface area contributed by atoms with Gasteiger partial charge in [-0.15, -0.1) is 0 Å². The van der Waals surface area contributed by atoms with Crippen LogP contribution >= 0.6 is 11.6 Å². The van der Waals surface area contributed by atoms with Crippen molar-refractivity contribution < 1.29 is 14.3 Å². The van der Waals surface area contributed by atoms with Gasteiger partial charge in [0.05, 0.1) is 13.2 Å². The fraction of sp³-hybridized carbons (Fsp3) is 0.286. The van der Waals surface area contributed by atoms with Gasteiger partial charge in [0.25, 0.3) is 0 Å². The molecule has 0 radical (unpaired) electrons. The number of nitrogens with zero attached hydrogens (tertiary/aromatic N) is 1. The van der Waals surface area contributed by atoms with Crippen LogP contribution in [-0.4, -0.2) is 31.1 Å². The van der Waals surface area contributed by atoms with Crippen LogP contribution in [0.15, 0.2) is 48.5 Å². The molecule has 0 atom stereocenters. The lowest BCUT2D eigenvalue weighted by Gasteiger charge is -2.16. The van der Waals surface area contributed by atoms with Gasteiger partial charge in [0.15, 0.2) is 11.5 Å². The molecule has 1 amide bonds. The van der Waals surface area contributed by atoms with Crippen LogP contribution in [0.5, 0.6) is 11.5 Å². The van der Waals surface area contributed by atoms with Crippen LogP contribution in [-0.2, 0) is 11.3 Å². The third-order valence-corrected chi connectivity index (χ3v) is 4.08. The quantitative estimate of drug-likeness (QED) is 0.654. The van der Waals surface area contributed by atoms with Crippen molar-refractivity contribution in [1.82, 2.24) is 4.90 Å². The molecule has 0 unspecified atom stereocenters. The molecule has 0 saturated heterocycles. The molecule has 0 aliphatic carbocycles. The summed E-state index contributed by atoms with van der Waals surface area (Å²) in [7, 11) is 3.34. The van der Waals surface area contributed by atoms with Crippen LogP contribution in [0.25, 0.3) is 6.08 Å². The Morgan fingerprint density at radius 3 is 2.58 bits per heavy atom. The van der Waals surface area contributed by atoms with Crippen LogP contribution in [0.1, 0.15) is 25.0 Å². The van der Waals surface area contributed by atoms with Gasteiger partial charge in [-0.25, -0.2) is 0 Å². The van der Waals surface area contributed by atoms with Gasteiger partial charge in [-0.2, -0.15) is 0 Å². The smallest absolute Gasteiger partial charge is 0.246 e. The Morgan fingerprint density at radius 2 is 1.92 bits per heavy atom. The van der Waals surface area contributed by atoms with Gasteiger partial charge >= 0.3 is 0 Å². The predicted octanol–water partition coefficient (Wildman–Crippen LogP) is 4.81. The number of halogens is 1. The first-order valence-electron chi connectivity index (χ1n) is 8.42. The maximum Gasteiger partial charge on any atom is 0.246 e. The molecule has 0 saturated carbocycles. The van der Waals surface area contributed by atoms with Gasteiger partial charge in [0.1, 0.15) is 0 Å². The summed E-state index contributed by atoms with van der Waals surface area (Å²) in [4.78, 5) is 14.0. The van der Waals surface area contributed by atoms with Gasteiger partial charge in [-0.3, -0.25) is 4.79 Å². The number of methoxy groups -OCH3 is 1. The molecule has 0 aromatic heterocycles. The molecule has 0 bridgehead atoms. The second kappa shape index (κ2) is 9.30. The molecule has 138 valence electrons. The standard InChI is InChI=1S/C21H24ClNO3/c1-15(2)26-19-11-9-16(13-20(19)25-4)10-12-21(24)23(3)14-17-7-5-6-8-18(17)22/h5-13,15H,14H2,1-4H3. The van der Waals surface area contributed by atoms with E-state index in [2.05, 4.69) is 0 Å². The molecule has 2 aromatic rings. The molecule has 2 rings (SSSR count). The van der Waals surface area contributed by atoms with E-state index >= 15 is 0 Å². The molecule has 0 spiro atoms. The predicted molar refractivity (Wildman–Crippen MR) is 106 cm³/mol. The Kier molecular flexibility index (Phi) is 7.10. The first kappa shape index (κ1) is 19.9. The maximum absolute atomic E-state index is 12.3. The number of amides is 1. The van der Waals surface area contributed by atoms with Gasteiger partial charge < -0.3 is 14.4 Å². The first-order chi connectivity index (χ1) is 12.4. The van der Waals surface area contributed by atoms with Crippen molar-refractivity contribution in [1.29, 1.82) is 0 Å². The topological polar surface area (TPSA) is 38.8 Å². The molecule has 0 fully saturated rings. The third kappa shape index (κ3) is 5.53. The zero-order chi connectivity index (χ0) is 19.1. The van der Waals surface area contributed by atoms with E-state index < -0.39 is 0 Å². The summed E-state index contributed by atoms with van der Waals surface area (Å²) in [5.74, 6) is 1.21. The van der Waals surface area contributed by atoms with E-state index in [9.17, 15) is 4.79 Å². The third-order valence-electron chi connectivity index (χ3n) is 3.71. The summed E-state index contributed by atoms with van der Waals surface area (Å²) >= 11 is 6.15. The highest BCUT2D eigenvalue weighted by atomic mass is 35.5. The summed E-state index contributed by atoms with van der Waals surface area (Å²) < 4.78 is 11.1. The van der Waals surface area contributed by atoms with Crippen LogP contribution < -0.4 is 9.47 Å². The Bertz CT molecular complexity index is 787. The van der Waals surface area contributed by atoms with Crippen molar-refractivity contribution >= 4 is 23.6 Å². The zero-order valence-corrected chi connectivity index (χ0v) is 16.3. The van der Waals surface area contributed by atoms with E-state index in [0.717, 1.165) is 11.1 Å². The van der Waals surface area contributed by atoms with Crippen molar-refractivity contribution in [3.8, 4) is 11.5 Å². The second-order valence-corrected chi connectivity index (χ2v) is 6.60. The maximum atomic E-state index is 12.3. The van der Waals surface area contributed by atoms with E-state index in [1.807, 2.05) is 56.3 Å². The summed E-state index contributed by atoms with van der Waals surface area (Å²) in [6.07, 6.45) is 3.35. The Hall–Kier alpha value is -2.46. The number of hydrogen-bond acceptors (Lipinski definition) is 3. The van der Waals surface area contributed by atoms with Gasteiger partial charge in [0, 0.05) is 24.7 Å². The number of carbonyl (C=O) groups excluding carboxylic acids is 1. The van der Waals surface area contributed by atoms with E-state index in [0.29, 0.717) is 23.1 Å². The molecule has 26 heavy (non-hydrogen) atoms. The highest BCUT2D eigenvalue weighted by Crippen LogP contribution is 2.29.